The molecular formula is C14H27NO2S. The van der Waals surface area contributed by atoms with Crippen molar-refractivity contribution in [1.29, 1.82) is 0 Å². The van der Waals surface area contributed by atoms with Gasteiger partial charge in [0.25, 0.3) is 0 Å². The molecule has 0 aromatic heterocycles. The van der Waals surface area contributed by atoms with Gasteiger partial charge in [0.05, 0.1) is 16.6 Å². The summed E-state index contributed by atoms with van der Waals surface area (Å²) in [5.41, 5.74) is 0.330. The first-order chi connectivity index (χ1) is 8.44. The van der Waals surface area contributed by atoms with E-state index in [0.29, 0.717) is 11.5 Å². The summed E-state index contributed by atoms with van der Waals surface area (Å²) < 4.78 is 18.4. The van der Waals surface area contributed by atoms with Crippen LogP contribution in [0.15, 0.2) is 0 Å². The standard InChI is InChI=1S/C14H27NO2S/c1-10-12(6-8-17-10)18(16)13-9-14(2,3)7-5-11(13)15-4/h10-13,15H,5-9H2,1-4H3. The van der Waals surface area contributed by atoms with Gasteiger partial charge in [-0.05, 0) is 45.1 Å². The number of hydrogen-bond donors (Lipinski definition) is 1. The first kappa shape index (κ1) is 14.5. The second-order valence-electron chi connectivity index (χ2n) is 6.57. The van der Waals surface area contributed by atoms with Crippen LogP contribution in [0.4, 0.5) is 0 Å². The Kier molecular flexibility index (Phi) is 4.50. The van der Waals surface area contributed by atoms with Crippen molar-refractivity contribution in [2.45, 2.75) is 69.1 Å². The quantitative estimate of drug-likeness (QED) is 0.855. The Hall–Kier alpha value is 0.0700. The van der Waals surface area contributed by atoms with Crippen LogP contribution in [0.3, 0.4) is 0 Å². The molecule has 1 N–H and O–H groups in total. The maximum atomic E-state index is 12.9. The van der Waals surface area contributed by atoms with Crippen LogP contribution in [0.5, 0.6) is 0 Å². The van der Waals surface area contributed by atoms with Crippen molar-refractivity contribution >= 4 is 10.8 Å². The average Bonchev–Trinajstić information content (AvgIpc) is 2.73. The van der Waals surface area contributed by atoms with Gasteiger partial charge in [-0.3, -0.25) is 4.21 Å². The molecule has 18 heavy (non-hydrogen) atoms. The molecule has 1 aliphatic carbocycles. The topological polar surface area (TPSA) is 38.3 Å². The summed E-state index contributed by atoms with van der Waals surface area (Å²) in [6, 6.07) is 0.409. The van der Waals surface area contributed by atoms with E-state index in [4.69, 9.17) is 4.74 Å². The Balaban J connectivity index is 2.10. The van der Waals surface area contributed by atoms with Gasteiger partial charge in [0.15, 0.2) is 0 Å². The minimum atomic E-state index is -0.776. The van der Waals surface area contributed by atoms with Crippen molar-refractivity contribution < 1.29 is 8.95 Å². The van der Waals surface area contributed by atoms with E-state index >= 15 is 0 Å². The van der Waals surface area contributed by atoms with E-state index in [1.165, 1.54) is 6.42 Å². The molecule has 5 atom stereocenters. The predicted octanol–water partition coefficient (Wildman–Crippen LogP) is 2.08. The molecule has 1 heterocycles. The molecule has 0 amide bonds. The zero-order chi connectivity index (χ0) is 13.3. The van der Waals surface area contributed by atoms with Gasteiger partial charge in [0, 0.05) is 23.4 Å². The monoisotopic (exact) mass is 273 g/mol. The largest absolute Gasteiger partial charge is 0.377 e. The minimum absolute atomic E-state index is 0.161. The fourth-order valence-corrected chi connectivity index (χ4v) is 5.78. The molecule has 2 aliphatic rings. The van der Waals surface area contributed by atoms with Crippen molar-refractivity contribution in [3.8, 4) is 0 Å². The second-order valence-corrected chi connectivity index (χ2v) is 8.44. The molecule has 1 saturated carbocycles. The fraction of sp³-hybridized carbons (Fsp3) is 1.00. The SMILES string of the molecule is CNC1CCC(C)(C)CC1S(=O)C1CCOC1C. The highest BCUT2D eigenvalue weighted by Gasteiger charge is 2.42. The first-order valence-electron chi connectivity index (χ1n) is 7.13. The Labute approximate surface area is 114 Å². The third-order valence-electron chi connectivity index (χ3n) is 4.61. The fourth-order valence-electron chi connectivity index (χ4n) is 3.34. The van der Waals surface area contributed by atoms with Gasteiger partial charge >= 0.3 is 0 Å². The molecule has 1 saturated heterocycles. The summed E-state index contributed by atoms with van der Waals surface area (Å²) in [4.78, 5) is 0. The summed E-state index contributed by atoms with van der Waals surface area (Å²) in [5.74, 6) is 0. The van der Waals surface area contributed by atoms with Crippen LogP contribution in [-0.2, 0) is 15.5 Å². The molecule has 2 rings (SSSR count). The number of ether oxygens (including phenoxy) is 1. The van der Waals surface area contributed by atoms with Gasteiger partial charge in [-0.1, -0.05) is 13.8 Å². The zero-order valence-corrected chi connectivity index (χ0v) is 12.9. The van der Waals surface area contributed by atoms with Crippen LogP contribution in [0, 0.1) is 5.41 Å². The van der Waals surface area contributed by atoms with Gasteiger partial charge in [-0.25, -0.2) is 0 Å². The van der Waals surface area contributed by atoms with Crippen molar-refractivity contribution in [2.75, 3.05) is 13.7 Å². The van der Waals surface area contributed by atoms with Gasteiger partial charge < -0.3 is 10.1 Å². The molecule has 0 spiro atoms. The van der Waals surface area contributed by atoms with Crippen molar-refractivity contribution in [1.82, 2.24) is 5.32 Å². The van der Waals surface area contributed by atoms with Gasteiger partial charge in [-0.2, -0.15) is 0 Å². The maximum Gasteiger partial charge on any atom is 0.0691 e. The molecule has 2 fully saturated rings. The second kappa shape index (κ2) is 5.59. The third kappa shape index (κ3) is 2.97. The summed E-state index contributed by atoms with van der Waals surface area (Å²) >= 11 is 0. The van der Waals surface area contributed by atoms with Crippen LogP contribution in [0.25, 0.3) is 0 Å². The van der Waals surface area contributed by atoms with E-state index in [9.17, 15) is 4.21 Å². The number of nitrogens with one attached hydrogen (secondary N) is 1. The summed E-state index contributed by atoms with van der Waals surface area (Å²) in [7, 11) is 1.23. The van der Waals surface area contributed by atoms with Crippen LogP contribution in [0.1, 0.15) is 46.5 Å². The predicted molar refractivity (Wildman–Crippen MR) is 76.2 cm³/mol. The smallest absolute Gasteiger partial charge is 0.0691 e. The molecule has 1 aliphatic heterocycles. The van der Waals surface area contributed by atoms with E-state index in [2.05, 4.69) is 26.1 Å². The van der Waals surface area contributed by atoms with E-state index in [1.807, 2.05) is 7.05 Å². The Morgan fingerprint density at radius 2 is 2.00 bits per heavy atom. The summed E-state index contributed by atoms with van der Waals surface area (Å²) in [6.45, 7) is 7.45. The van der Waals surface area contributed by atoms with Crippen LogP contribution < -0.4 is 5.32 Å². The molecule has 0 radical (unpaired) electrons. The highest BCUT2D eigenvalue weighted by Crippen LogP contribution is 2.39. The Bertz CT molecular complexity index is 319. The van der Waals surface area contributed by atoms with E-state index in [1.54, 1.807) is 0 Å². The molecule has 5 unspecified atom stereocenters. The first-order valence-corrected chi connectivity index (χ1v) is 8.40. The lowest BCUT2D eigenvalue weighted by Crippen LogP contribution is -2.49. The molecule has 0 aromatic carbocycles. The molecule has 4 heteroatoms. The Morgan fingerprint density at radius 3 is 2.56 bits per heavy atom. The Morgan fingerprint density at radius 1 is 1.28 bits per heavy atom. The van der Waals surface area contributed by atoms with Crippen molar-refractivity contribution in [3.63, 3.8) is 0 Å². The zero-order valence-electron chi connectivity index (χ0n) is 12.1. The summed E-state index contributed by atoms with van der Waals surface area (Å²) in [5, 5.41) is 3.90. The van der Waals surface area contributed by atoms with E-state index in [-0.39, 0.29) is 16.6 Å². The van der Waals surface area contributed by atoms with E-state index in [0.717, 1.165) is 25.9 Å². The highest BCUT2D eigenvalue weighted by atomic mass is 32.2. The minimum Gasteiger partial charge on any atom is -0.377 e. The van der Waals surface area contributed by atoms with Crippen molar-refractivity contribution in [3.05, 3.63) is 0 Å². The molecule has 106 valence electrons. The lowest BCUT2D eigenvalue weighted by Gasteiger charge is -2.41. The maximum absolute atomic E-state index is 12.9. The lowest BCUT2D eigenvalue weighted by atomic mass is 9.75. The summed E-state index contributed by atoms with van der Waals surface area (Å²) in [6.07, 6.45) is 4.55. The average molecular weight is 273 g/mol. The lowest BCUT2D eigenvalue weighted by molar-refractivity contribution is 0.126. The third-order valence-corrected chi connectivity index (χ3v) is 6.92. The number of rotatable bonds is 3. The number of hydrogen-bond acceptors (Lipinski definition) is 3. The van der Waals surface area contributed by atoms with Crippen LogP contribution >= 0.6 is 0 Å². The molecule has 0 aromatic rings. The normalized spacial score (nSPS) is 41.8. The van der Waals surface area contributed by atoms with Gasteiger partial charge in [-0.15, -0.1) is 0 Å². The van der Waals surface area contributed by atoms with Crippen LogP contribution in [0.2, 0.25) is 0 Å². The van der Waals surface area contributed by atoms with E-state index < -0.39 is 10.8 Å². The molecule has 3 nitrogen and oxygen atoms in total. The highest BCUT2D eigenvalue weighted by molar-refractivity contribution is 7.86. The van der Waals surface area contributed by atoms with Crippen LogP contribution in [-0.4, -0.2) is 40.5 Å². The molecule has 0 bridgehead atoms. The molecular weight excluding hydrogens is 246 g/mol. The van der Waals surface area contributed by atoms with Gasteiger partial charge in [0.1, 0.15) is 0 Å². The van der Waals surface area contributed by atoms with Gasteiger partial charge in [0.2, 0.25) is 0 Å². The van der Waals surface area contributed by atoms with Crippen molar-refractivity contribution in [2.24, 2.45) is 5.41 Å².